The van der Waals surface area contributed by atoms with E-state index >= 15 is 0 Å². The second kappa shape index (κ2) is 8.19. The molecular formula is C21H19N7O3. The Morgan fingerprint density at radius 1 is 1.06 bits per heavy atom. The van der Waals surface area contributed by atoms with Crippen LogP contribution in [0.25, 0.3) is 22.8 Å². The normalized spacial score (nSPS) is 10.9. The Morgan fingerprint density at radius 3 is 2.52 bits per heavy atom. The number of benzene rings is 1. The average molecular weight is 417 g/mol. The van der Waals surface area contributed by atoms with Gasteiger partial charge in [-0.15, -0.1) is 10.2 Å². The molecule has 0 radical (unpaired) electrons. The van der Waals surface area contributed by atoms with Crippen LogP contribution < -0.4 is 11.1 Å². The number of hydrogen-bond acceptors (Lipinski definition) is 7. The monoisotopic (exact) mass is 417 g/mol. The molecule has 0 atom stereocenters. The lowest BCUT2D eigenvalue weighted by atomic mass is 9.96. The smallest absolute Gasteiger partial charge is 0.258 e. The molecule has 0 aliphatic heterocycles. The molecule has 3 N–H and O–H groups in total. The number of carbonyl (C=O) groups is 2. The van der Waals surface area contributed by atoms with Gasteiger partial charge in [-0.1, -0.05) is 17.3 Å². The number of aromatic nitrogens is 5. The molecule has 0 saturated heterocycles. The number of amides is 2. The predicted molar refractivity (Wildman–Crippen MR) is 112 cm³/mol. The van der Waals surface area contributed by atoms with E-state index < -0.39 is 11.8 Å². The second-order valence-electron chi connectivity index (χ2n) is 6.99. The molecule has 10 nitrogen and oxygen atoms in total. The van der Waals surface area contributed by atoms with E-state index in [0.29, 0.717) is 22.8 Å². The van der Waals surface area contributed by atoms with Crippen molar-refractivity contribution in [2.24, 2.45) is 5.73 Å². The van der Waals surface area contributed by atoms with Gasteiger partial charge in [0.2, 0.25) is 11.8 Å². The maximum Gasteiger partial charge on any atom is 0.258 e. The lowest BCUT2D eigenvalue weighted by Crippen LogP contribution is -2.18. The fourth-order valence-corrected chi connectivity index (χ4v) is 3.18. The average Bonchev–Trinajstić information content (AvgIpc) is 3.45. The standard InChI is InChI=1S/C21H19N7O3/c1-12(2)28-11-23-27-20(28)16-8-4-7-15(25-16)18-13(19(22)29)5-3-6-14(18)21(30)26-17-9-10-24-31-17/h3-12H,1-2H3,(H2,22,29)(H,26,30). The lowest BCUT2D eigenvalue weighted by molar-refractivity contribution is 0.100. The molecular weight excluding hydrogens is 398 g/mol. The predicted octanol–water partition coefficient (Wildman–Crippen LogP) is 2.93. The highest BCUT2D eigenvalue weighted by Crippen LogP contribution is 2.29. The van der Waals surface area contributed by atoms with Gasteiger partial charge >= 0.3 is 0 Å². The maximum absolute atomic E-state index is 12.9. The maximum atomic E-state index is 12.9. The van der Waals surface area contributed by atoms with E-state index in [9.17, 15) is 9.59 Å². The van der Waals surface area contributed by atoms with Crippen molar-refractivity contribution in [1.82, 2.24) is 24.9 Å². The van der Waals surface area contributed by atoms with Crippen molar-refractivity contribution < 1.29 is 14.1 Å². The molecule has 10 heteroatoms. The van der Waals surface area contributed by atoms with Gasteiger partial charge in [0.25, 0.3) is 5.91 Å². The van der Waals surface area contributed by atoms with Crippen LogP contribution in [0.15, 0.2) is 59.5 Å². The van der Waals surface area contributed by atoms with Crippen molar-refractivity contribution in [3.8, 4) is 22.8 Å². The quantitative estimate of drug-likeness (QED) is 0.491. The summed E-state index contributed by atoms with van der Waals surface area (Å²) in [5.74, 6) is -0.428. The molecule has 2 amide bonds. The molecule has 0 saturated carbocycles. The molecule has 156 valence electrons. The number of nitrogens with zero attached hydrogens (tertiary/aromatic N) is 5. The molecule has 3 heterocycles. The third-order valence-corrected chi connectivity index (χ3v) is 4.61. The molecule has 0 spiro atoms. The zero-order chi connectivity index (χ0) is 22.0. The van der Waals surface area contributed by atoms with E-state index in [1.807, 2.05) is 18.4 Å². The molecule has 1 aromatic carbocycles. The SMILES string of the molecule is CC(C)n1cnnc1-c1cccc(-c2c(C(N)=O)cccc2C(=O)Nc2ccno2)n1. The van der Waals surface area contributed by atoms with Gasteiger partial charge in [0.05, 0.1) is 11.9 Å². The van der Waals surface area contributed by atoms with Crippen molar-refractivity contribution >= 4 is 17.7 Å². The van der Waals surface area contributed by atoms with Gasteiger partial charge in [-0.05, 0) is 38.1 Å². The van der Waals surface area contributed by atoms with Crippen LogP contribution in [0, 0.1) is 0 Å². The summed E-state index contributed by atoms with van der Waals surface area (Å²) in [6.45, 7) is 4.01. The van der Waals surface area contributed by atoms with Gasteiger partial charge in [-0.3, -0.25) is 14.9 Å². The Hall–Kier alpha value is -4.34. The molecule has 0 fully saturated rings. The van der Waals surface area contributed by atoms with E-state index in [4.69, 9.17) is 10.3 Å². The molecule has 31 heavy (non-hydrogen) atoms. The van der Waals surface area contributed by atoms with E-state index in [2.05, 4.69) is 25.7 Å². The minimum absolute atomic E-state index is 0.122. The first-order valence-electron chi connectivity index (χ1n) is 9.48. The summed E-state index contributed by atoms with van der Waals surface area (Å²) < 4.78 is 6.82. The third-order valence-electron chi connectivity index (χ3n) is 4.61. The zero-order valence-electron chi connectivity index (χ0n) is 16.8. The van der Waals surface area contributed by atoms with Crippen LogP contribution in [-0.2, 0) is 0 Å². The summed E-state index contributed by atoms with van der Waals surface area (Å²) in [7, 11) is 0. The van der Waals surface area contributed by atoms with Crippen LogP contribution >= 0.6 is 0 Å². The van der Waals surface area contributed by atoms with Crippen molar-refractivity contribution in [3.63, 3.8) is 0 Å². The van der Waals surface area contributed by atoms with Crippen molar-refractivity contribution in [1.29, 1.82) is 0 Å². The first kappa shape index (κ1) is 20.0. The topological polar surface area (TPSA) is 142 Å². The van der Waals surface area contributed by atoms with E-state index in [-0.39, 0.29) is 23.1 Å². The fourth-order valence-electron chi connectivity index (χ4n) is 3.18. The molecule has 3 aromatic heterocycles. The number of nitrogens with two attached hydrogens (primary N) is 1. The Kier molecular flexibility index (Phi) is 5.27. The highest BCUT2D eigenvalue weighted by molar-refractivity contribution is 6.12. The van der Waals surface area contributed by atoms with Gasteiger partial charge < -0.3 is 14.8 Å². The molecule has 4 rings (SSSR count). The van der Waals surface area contributed by atoms with Crippen LogP contribution in [0.4, 0.5) is 5.88 Å². The lowest BCUT2D eigenvalue weighted by Gasteiger charge is -2.14. The summed E-state index contributed by atoms with van der Waals surface area (Å²) in [6, 6.07) is 11.6. The van der Waals surface area contributed by atoms with Gasteiger partial charge in [-0.25, -0.2) is 4.98 Å². The minimum Gasteiger partial charge on any atom is -0.366 e. The van der Waals surface area contributed by atoms with Gasteiger partial charge in [0, 0.05) is 28.8 Å². The number of anilines is 1. The number of nitrogens with one attached hydrogen (secondary N) is 1. The summed E-state index contributed by atoms with van der Waals surface area (Å²) in [5, 5.41) is 14.3. The van der Waals surface area contributed by atoms with Crippen molar-refractivity contribution in [2.45, 2.75) is 19.9 Å². The number of hydrogen-bond donors (Lipinski definition) is 2. The molecule has 0 aliphatic carbocycles. The first-order valence-corrected chi connectivity index (χ1v) is 9.48. The molecule has 0 aliphatic rings. The van der Waals surface area contributed by atoms with E-state index in [1.165, 1.54) is 12.3 Å². The highest BCUT2D eigenvalue weighted by Gasteiger charge is 2.22. The van der Waals surface area contributed by atoms with Crippen LogP contribution in [0.1, 0.15) is 40.6 Å². The number of primary amides is 1. The summed E-state index contributed by atoms with van der Waals surface area (Å²) in [4.78, 5) is 29.7. The van der Waals surface area contributed by atoms with Crippen LogP contribution in [0.3, 0.4) is 0 Å². The Morgan fingerprint density at radius 2 is 1.81 bits per heavy atom. The van der Waals surface area contributed by atoms with Crippen molar-refractivity contribution in [3.05, 3.63) is 66.1 Å². The van der Waals surface area contributed by atoms with Gasteiger partial charge in [0.15, 0.2) is 5.82 Å². The van der Waals surface area contributed by atoms with Crippen LogP contribution in [-0.4, -0.2) is 36.7 Å². The Labute approximate surface area is 177 Å². The molecule has 0 bridgehead atoms. The number of carbonyl (C=O) groups excluding carboxylic acids is 2. The largest absolute Gasteiger partial charge is 0.366 e. The Balaban J connectivity index is 1.84. The summed E-state index contributed by atoms with van der Waals surface area (Å²) >= 11 is 0. The van der Waals surface area contributed by atoms with Gasteiger partial charge in [0.1, 0.15) is 12.0 Å². The second-order valence-corrected chi connectivity index (χ2v) is 6.99. The number of pyridine rings is 1. The molecule has 4 aromatic rings. The summed E-state index contributed by atoms with van der Waals surface area (Å²) in [6.07, 6.45) is 3.04. The van der Waals surface area contributed by atoms with Crippen LogP contribution in [0.5, 0.6) is 0 Å². The van der Waals surface area contributed by atoms with E-state index in [1.54, 1.807) is 42.7 Å². The third kappa shape index (κ3) is 3.90. The first-order chi connectivity index (χ1) is 15.0. The van der Waals surface area contributed by atoms with Crippen molar-refractivity contribution in [2.75, 3.05) is 5.32 Å². The minimum atomic E-state index is -0.679. The summed E-state index contributed by atoms with van der Waals surface area (Å²) in [5.41, 5.74) is 7.23. The Bertz CT molecular complexity index is 1250. The highest BCUT2D eigenvalue weighted by atomic mass is 16.5. The molecule has 0 unspecified atom stereocenters. The zero-order valence-corrected chi connectivity index (χ0v) is 16.8. The number of rotatable bonds is 6. The van der Waals surface area contributed by atoms with Crippen LogP contribution in [0.2, 0.25) is 0 Å². The fraction of sp³-hybridized carbons (Fsp3) is 0.143. The van der Waals surface area contributed by atoms with E-state index in [0.717, 1.165) is 0 Å². The van der Waals surface area contributed by atoms with Gasteiger partial charge in [-0.2, -0.15) is 0 Å².